The van der Waals surface area contributed by atoms with Gasteiger partial charge in [-0.15, -0.1) is 11.3 Å². The second-order valence-corrected chi connectivity index (χ2v) is 10.3. The molecule has 0 spiro atoms. The summed E-state index contributed by atoms with van der Waals surface area (Å²) in [6.45, 7) is 14.4. The van der Waals surface area contributed by atoms with E-state index in [-0.39, 0.29) is 17.2 Å². The predicted octanol–water partition coefficient (Wildman–Crippen LogP) is 4.01. The lowest BCUT2D eigenvalue weighted by molar-refractivity contribution is -0.137. The van der Waals surface area contributed by atoms with Gasteiger partial charge in [-0.25, -0.2) is 4.98 Å². The summed E-state index contributed by atoms with van der Waals surface area (Å²) in [5, 5.41) is 0.983. The molecule has 0 atom stereocenters. The quantitative estimate of drug-likeness (QED) is 0.764. The summed E-state index contributed by atoms with van der Waals surface area (Å²) in [4.78, 5) is 35.3. The fourth-order valence-electron chi connectivity index (χ4n) is 3.55. The Hall–Kier alpha value is -2.21. The number of hydrogen-bond acceptors (Lipinski definition) is 4. The van der Waals surface area contributed by atoms with E-state index in [0.717, 1.165) is 21.1 Å². The molecule has 3 rings (SSSR count). The Balaban J connectivity index is 1.67. The number of aryl methyl sites for hydroxylation is 1. The van der Waals surface area contributed by atoms with E-state index in [2.05, 4.69) is 25.8 Å². The summed E-state index contributed by atoms with van der Waals surface area (Å²) in [7, 11) is 0. The van der Waals surface area contributed by atoms with Crippen molar-refractivity contribution >= 4 is 23.2 Å². The van der Waals surface area contributed by atoms with Crippen LogP contribution < -0.4 is 0 Å². The topological polar surface area (TPSA) is 53.5 Å². The molecule has 0 N–H and O–H groups in total. The van der Waals surface area contributed by atoms with Gasteiger partial charge in [-0.3, -0.25) is 9.59 Å². The van der Waals surface area contributed by atoms with Gasteiger partial charge in [0.1, 0.15) is 4.88 Å². The van der Waals surface area contributed by atoms with Crippen LogP contribution in [0.25, 0.3) is 0 Å². The molecule has 1 aromatic heterocycles. The maximum absolute atomic E-state index is 13.1. The van der Waals surface area contributed by atoms with Gasteiger partial charge in [-0.1, -0.05) is 51.1 Å². The Morgan fingerprint density at radius 1 is 0.931 bits per heavy atom. The van der Waals surface area contributed by atoms with Crippen LogP contribution in [-0.4, -0.2) is 52.8 Å². The normalized spacial score (nSPS) is 15.5. The average Bonchev–Trinajstić information content (AvgIpc) is 3.10. The zero-order valence-corrected chi connectivity index (χ0v) is 19.1. The van der Waals surface area contributed by atoms with Gasteiger partial charge in [0.05, 0.1) is 16.1 Å². The SMILES string of the molecule is Cc1nc(C(C)(C)C)sc1C(=O)N1CCN(C(=O)C(C)(C)c2ccccc2)CC1. The Morgan fingerprint density at radius 2 is 1.48 bits per heavy atom. The lowest BCUT2D eigenvalue weighted by Crippen LogP contribution is -2.54. The van der Waals surface area contributed by atoms with Crippen molar-refractivity contribution in [1.82, 2.24) is 14.8 Å². The van der Waals surface area contributed by atoms with Crippen molar-refractivity contribution in [3.05, 3.63) is 51.5 Å². The average molecular weight is 414 g/mol. The molecule has 0 saturated carbocycles. The summed E-state index contributed by atoms with van der Waals surface area (Å²) in [5.41, 5.74) is 1.16. The molecule has 0 bridgehead atoms. The fourth-order valence-corrected chi connectivity index (χ4v) is 4.64. The summed E-state index contributed by atoms with van der Waals surface area (Å²) in [6.07, 6.45) is 0. The molecule has 0 unspecified atom stereocenters. The van der Waals surface area contributed by atoms with Crippen molar-refractivity contribution < 1.29 is 9.59 Å². The Bertz CT molecular complexity index is 889. The monoisotopic (exact) mass is 413 g/mol. The highest BCUT2D eigenvalue weighted by Crippen LogP contribution is 2.30. The summed E-state index contributed by atoms with van der Waals surface area (Å²) in [5.74, 6) is 0.143. The van der Waals surface area contributed by atoms with Crippen LogP contribution >= 0.6 is 11.3 Å². The number of aromatic nitrogens is 1. The zero-order valence-electron chi connectivity index (χ0n) is 18.3. The first kappa shape index (κ1) is 21.5. The molecule has 2 heterocycles. The van der Waals surface area contributed by atoms with E-state index in [9.17, 15) is 9.59 Å². The Labute approximate surface area is 177 Å². The molecular weight excluding hydrogens is 382 g/mol. The third-order valence-electron chi connectivity index (χ3n) is 5.52. The molecular formula is C23H31N3O2S. The molecule has 1 aromatic carbocycles. The lowest BCUT2D eigenvalue weighted by atomic mass is 9.83. The highest BCUT2D eigenvalue weighted by molar-refractivity contribution is 7.14. The predicted molar refractivity (Wildman–Crippen MR) is 118 cm³/mol. The largest absolute Gasteiger partial charge is 0.338 e. The molecule has 0 aliphatic carbocycles. The van der Waals surface area contributed by atoms with Gasteiger partial charge in [0.15, 0.2) is 0 Å². The van der Waals surface area contributed by atoms with Gasteiger partial charge in [0, 0.05) is 31.6 Å². The van der Waals surface area contributed by atoms with Gasteiger partial charge >= 0.3 is 0 Å². The molecule has 29 heavy (non-hydrogen) atoms. The summed E-state index contributed by atoms with van der Waals surface area (Å²) in [6, 6.07) is 9.88. The number of benzene rings is 1. The van der Waals surface area contributed by atoms with E-state index in [1.807, 2.05) is 60.9 Å². The van der Waals surface area contributed by atoms with E-state index >= 15 is 0 Å². The van der Waals surface area contributed by atoms with Crippen LogP contribution in [0, 0.1) is 6.92 Å². The number of amides is 2. The van der Waals surface area contributed by atoms with Crippen molar-refractivity contribution in [2.45, 2.75) is 52.4 Å². The maximum Gasteiger partial charge on any atom is 0.265 e. The molecule has 2 amide bonds. The first-order chi connectivity index (χ1) is 13.5. The number of carbonyl (C=O) groups is 2. The molecule has 5 nitrogen and oxygen atoms in total. The minimum Gasteiger partial charge on any atom is -0.338 e. The minimum absolute atomic E-state index is 0.0323. The molecule has 1 saturated heterocycles. The number of nitrogens with zero attached hydrogens (tertiary/aromatic N) is 3. The molecule has 1 aliphatic rings. The number of thiazole rings is 1. The highest BCUT2D eigenvalue weighted by Gasteiger charge is 2.36. The van der Waals surface area contributed by atoms with Crippen LogP contribution in [0.1, 0.15) is 60.6 Å². The van der Waals surface area contributed by atoms with Crippen LogP contribution in [0.15, 0.2) is 30.3 Å². The van der Waals surface area contributed by atoms with Crippen LogP contribution in [0.3, 0.4) is 0 Å². The third kappa shape index (κ3) is 4.37. The Morgan fingerprint density at radius 3 is 2.00 bits per heavy atom. The van der Waals surface area contributed by atoms with Crippen molar-refractivity contribution in [3.63, 3.8) is 0 Å². The lowest BCUT2D eigenvalue weighted by Gasteiger charge is -2.38. The first-order valence-corrected chi connectivity index (χ1v) is 11.0. The van der Waals surface area contributed by atoms with Crippen LogP contribution in [0.2, 0.25) is 0 Å². The van der Waals surface area contributed by atoms with Gasteiger partial charge in [-0.2, -0.15) is 0 Å². The number of carbonyl (C=O) groups excluding carboxylic acids is 2. The summed E-state index contributed by atoms with van der Waals surface area (Å²) < 4.78 is 0. The van der Waals surface area contributed by atoms with E-state index in [1.54, 1.807) is 0 Å². The number of hydrogen-bond donors (Lipinski definition) is 0. The second-order valence-electron chi connectivity index (χ2n) is 9.26. The maximum atomic E-state index is 13.1. The minimum atomic E-state index is -0.580. The van der Waals surface area contributed by atoms with E-state index in [1.165, 1.54) is 11.3 Å². The second kappa shape index (κ2) is 7.90. The van der Waals surface area contributed by atoms with Gasteiger partial charge in [0.25, 0.3) is 5.91 Å². The summed E-state index contributed by atoms with van der Waals surface area (Å²) >= 11 is 1.49. The molecule has 1 aliphatic heterocycles. The van der Waals surface area contributed by atoms with E-state index < -0.39 is 5.41 Å². The Kier molecular flexibility index (Phi) is 5.86. The van der Waals surface area contributed by atoms with Crippen LogP contribution in [-0.2, 0) is 15.6 Å². The van der Waals surface area contributed by atoms with Crippen LogP contribution in [0.4, 0.5) is 0 Å². The van der Waals surface area contributed by atoms with E-state index in [0.29, 0.717) is 26.2 Å². The van der Waals surface area contributed by atoms with E-state index in [4.69, 9.17) is 0 Å². The number of rotatable bonds is 3. The van der Waals surface area contributed by atoms with Gasteiger partial charge in [-0.05, 0) is 26.3 Å². The highest BCUT2D eigenvalue weighted by atomic mass is 32.1. The van der Waals surface area contributed by atoms with Crippen molar-refractivity contribution in [2.24, 2.45) is 0 Å². The first-order valence-electron chi connectivity index (χ1n) is 10.1. The molecule has 156 valence electrons. The van der Waals surface area contributed by atoms with Crippen molar-refractivity contribution in [1.29, 1.82) is 0 Å². The van der Waals surface area contributed by atoms with Gasteiger partial charge in [0.2, 0.25) is 5.91 Å². The molecule has 1 fully saturated rings. The van der Waals surface area contributed by atoms with Crippen LogP contribution in [0.5, 0.6) is 0 Å². The molecule has 6 heteroatoms. The van der Waals surface area contributed by atoms with Gasteiger partial charge < -0.3 is 9.80 Å². The fraction of sp³-hybridized carbons (Fsp3) is 0.522. The number of piperazine rings is 1. The van der Waals surface area contributed by atoms with Crippen molar-refractivity contribution in [2.75, 3.05) is 26.2 Å². The smallest absolute Gasteiger partial charge is 0.265 e. The molecule has 2 aromatic rings. The third-order valence-corrected chi connectivity index (χ3v) is 7.09. The van der Waals surface area contributed by atoms with Crippen molar-refractivity contribution in [3.8, 4) is 0 Å². The molecule has 0 radical (unpaired) electrons. The zero-order chi connectivity index (χ0) is 21.4. The standard InChI is InChI=1S/C23H31N3O2S/c1-16-18(29-20(24-16)22(2,3)4)19(27)25-12-14-26(15-13-25)21(28)23(5,6)17-10-8-7-9-11-17/h7-11H,12-15H2,1-6H3.